The number of allylic oxidation sites excluding steroid dienone is 1. The van der Waals surface area contributed by atoms with Crippen LogP contribution in [0.1, 0.15) is 39.2 Å². The molecule has 2 saturated heterocycles. The lowest BCUT2D eigenvalue weighted by atomic mass is 9.88. The minimum absolute atomic E-state index is 0.167. The van der Waals surface area contributed by atoms with Gasteiger partial charge in [-0.1, -0.05) is 6.08 Å². The van der Waals surface area contributed by atoms with Gasteiger partial charge in [0.1, 0.15) is 5.75 Å². The van der Waals surface area contributed by atoms with Crippen LogP contribution in [-0.2, 0) is 9.53 Å². The molecule has 30 heavy (non-hydrogen) atoms. The first-order chi connectivity index (χ1) is 14.4. The number of amides is 1. The normalized spacial score (nSPS) is 23.1. The van der Waals surface area contributed by atoms with Crippen LogP contribution < -0.4 is 9.64 Å². The van der Waals surface area contributed by atoms with Crippen LogP contribution in [0.3, 0.4) is 0 Å². The van der Waals surface area contributed by atoms with Crippen LogP contribution >= 0.6 is 0 Å². The molecule has 6 nitrogen and oxygen atoms in total. The van der Waals surface area contributed by atoms with Crippen molar-refractivity contribution in [3.05, 3.63) is 29.8 Å². The first kappa shape index (κ1) is 21.3. The van der Waals surface area contributed by atoms with E-state index in [2.05, 4.69) is 36.6 Å². The Labute approximate surface area is 180 Å². The van der Waals surface area contributed by atoms with E-state index in [1.165, 1.54) is 5.57 Å². The summed E-state index contributed by atoms with van der Waals surface area (Å²) in [5.74, 6) is 0.985. The minimum Gasteiger partial charge on any atom is -0.497 e. The molecule has 1 aromatic rings. The highest BCUT2D eigenvalue weighted by Gasteiger charge is 2.37. The van der Waals surface area contributed by atoms with E-state index in [4.69, 9.17) is 9.47 Å². The number of methoxy groups -OCH3 is 1. The molecule has 0 spiro atoms. The number of piperidine rings is 1. The van der Waals surface area contributed by atoms with Gasteiger partial charge in [0.05, 0.1) is 38.1 Å². The summed E-state index contributed by atoms with van der Waals surface area (Å²) < 4.78 is 10.9. The summed E-state index contributed by atoms with van der Waals surface area (Å²) in [6.45, 7) is 12.5. The zero-order chi connectivity index (χ0) is 21.3. The Hall–Kier alpha value is -1.89. The highest BCUT2D eigenvalue weighted by atomic mass is 16.5. The summed E-state index contributed by atoms with van der Waals surface area (Å²) in [4.78, 5) is 20.3. The average molecular weight is 414 g/mol. The second-order valence-electron chi connectivity index (χ2n) is 9.25. The molecule has 0 saturated carbocycles. The Morgan fingerprint density at radius 2 is 1.87 bits per heavy atom. The van der Waals surface area contributed by atoms with Crippen molar-refractivity contribution in [1.82, 2.24) is 9.80 Å². The van der Waals surface area contributed by atoms with Crippen molar-refractivity contribution in [3.8, 4) is 5.75 Å². The van der Waals surface area contributed by atoms with E-state index in [-0.39, 0.29) is 11.4 Å². The second-order valence-corrected chi connectivity index (χ2v) is 9.25. The second kappa shape index (κ2) is 8.69. The van der Waals surface area contributed by atoms with Gasteiger partial charge in [-0.2, -0.15) is 0 Å². The number of fused-ring (bicyclic) bond motifs is 1. The Bertz CT molecular complexity index is 806. The lowest BCUT2D eigenvalue weighted by Crippen LogP contribution is -2.54. The Balaban J connectivity index is 1.44. The van der Waals surface area contributed by atoms with Crippen molar-refractivity contribution < 1.29 is 14.3 Å². The molecule has 3 aliphatic heterocycles. The van der Waals surface area contributed by atoms with Gasteiger partial charge in [0.25, 0.3) is 0 Å². The van der Waals surface area contributed by atoms with Gasteiger partial charge < -0.3 is 14.4 Å². The molecular weight excluding hydrogens is 378 g/mol. The number of carbonyl (C=O) groups is 1. The predicted molar refractivity (Wildman–Crippen MR) is 120 cm³/mol. The van der Waals surface area contributed by atoms with Crippen molar-refractivity contribution >= 4 is 17.2 Å². The standard InChI is InChI=1S/C24H35N3O3/c1-18-16-24(2,3)27(22-6-5-20(29-4)15-21(18)22)23(28)17-25-9-7-19(8-10-25)26-11-13-30-14-12-26/h5-6,15-16,19H,7-14,17H2,1-4H3. The molecular formula is C24H35N3O3. The summed E-state index contributed by atoms with van der Waals surface area (Å²) in [6.07, 6.45) is 4.45. The molecule has 3 aliphatic rings. The van der Waals surface area contributed by atoms with E-state index in [9.17, 15) is 4.79 Å². The van der Waals surface area contributed by atoms with Gasteiger partial charge in [-0.05, 0) is 57.4 Å². The Kier molecular flexibility index (Phi) is 6.19. The van der Waals surface area contributed by atoms with E-state index in [0.717, 1.165) is 69.2 Å². The number of likely N-dealkylation sites (tertiary alicyclic amines) is 1. The van der Waals surface area contributed by atoms with Gasteiger partial charge in [-0.3, -0.25) is 14.6 Å². The number of hydrogen-bond acceptors (Lipinski definition) is 5. The van der Waals surface area contributed by atoms with Crippen LogP contribution in [0.2, 0.25) is 0 Å². The molecule has 164 valence electrons. The number of ether oxygens (including phenoxy) is 2. The third-order valence-electron chi connectivity index (χ3n) is 6.74. The summed E-state index contributed by atoms with van der Waals surface area (Å²) in [5, 5.41) is 0. The maximum absolute atomic E-state index is 13.5. The number of rotatable bonds is 4. The maximum atomic E-state index is 13.5. The molecule has 0 radical (unpaired) electrons. The lowest BCUT2D eigenvalue weighted by Gasteiger charge is -2.43. The zero-order valence-corrected chi connectivity index (χ0v) is 18.8. The van der Waals surface area contributed by atoms with Crippen molar-refractivity contribution in [2.24, 2.45) is 0 Å². The number of anilines is 1. The fourth-order valence-electron chi connectivity index (χ4n) is 5.24. The topological polar surface area (TPSA) is 45.2 Å². The predicted octanol–water partition coefficient (Wildman–Crippen LogP) is 3.02. The highest BCUT2D eigenvalue weighted by Crippen LogP contribution is 2.40. The lowest BCUT2D eigenvalue weighted by molar-refractivity contribution is -0.121. The monoisotopic (exact) mass is 413 g/mol. The van der Waals surface area contributed by atoms with Gasteiger partial charge >= 0.3 is 0 Å². The zero-order valence-electron chi connectivity index (χ0n) is 18.8. The van der Waals surface area contributed by atoms with E-state index in [1.807, 2.05) is 23.1 Å². The number of nitrogens with zero attached hydrogens (tertiary/aromatic N) is 3. The first-order valence-electron chi connectivity index (χ1n) is 11.1. The number of benzene rings is 1. The molecule has 1 aromatic carbocycles. The number of morpholine rings is 1. The molecule has 6 heteroatoms. The van der Waals surface area contributed by atoms with Crippen molar-refractivity contribution in [1.29, 1.82) is 0 Å². The van der Waals surface area contributed by atoms with Crippen LogP contribution in [0.4, 0.5) is 5.69 Å². The summed E-state index contributed by atoms with van der Waals surface area (Å²) >= 11 is 0. The van der Waals surface area contributed by atoms with Gasteiger partial charge in [0.2, 0.25) is 5.91 Å². The van der Waals surface area contributed by atoms with Crippen LogP contribution in [0.5, 0.6) is 5.75 Å². The van der Waals surface area contributed by atoms with Gasteiger partial charge in [0, 0.05) is 37.8 Å². The quantitative estimate of drug-likeness (QED) is 0.759. The van der Waals surface area contributed by atoms with E-state index in [1.54, 1.807) is 7.11 Å². The first-order valence-corrected chi connectivity index (χ1v) is 11.1. The molecule has 4 rings (SSSR count). The SMILES string of the molecule is COc1ccc2c(c1)C(C)=CC(C)(C)N2C(=O)CN1CCC(N2CCOCC2)CC1. The van der Waals surface area contributed by atoms with Crippen molar-refractivity contribution in [3.63, 3.8) is 0 Å². The number of hydrogen-bond donors (Lipinski definition) is 0. The van der Waals surface area contributed by atoms with Crippen molar-refractivity contribution in [2.45, 2.75) is 45.2 Å². The molecule has 2 fully saturated rings. The Morgan fingerprint density at radius 1 is 1.17 bits per heavy atom. The molecule has 0 unspecified atom stereocenters. The molecule has 3 heterocycles. The van der Waals surface area contributed by atoms with Gasteiger partial charge in [0.15, 0.2) is 0 Å². The van der Waals surface area contributed by atoms with Gasteiger partial charge in [-0.25, -0.2) is 0 Å². The van der Waals surface area contributed by atoms with E-state index < -0.39 is 0 Å². The van der Waals surface area contributed by atoms with Crippen LogP contribution in [0, 0.1) is 0 Å². The maximum Gasteiger partial charge on any atom is 0.241 e. The highest BCUT2D eigenvalue weighted by molar-refractivity contribution is 6.01. The smallest absolute Gasteiger partial charge is 0.241 e. The molecule has 0 aromatic heterocycles. The largest absolute Gasteiger partial charge is 0.497 e. The molecule has 0 aliphatic carbocycles. The van der Waals surface area contributed by atoms with E-state index >= 15 is 0 Å². The fraction of sp³-hybridized carbons (Fsp3) is 0.625. The van der Waals surface area contributed by atoms with Crippen LogP contribution in [-0.4, -0.2) is 80.3 Å². The summed E-state index contributed by atoms with van der Waals surface area (Å²) in [6, 6.07) is 6.63. The molecule has 0 N–H and O–H groups in total. The number of carbonyl (C=O) groups excluding carboxylic acids is 1. The summed E-state index contributed by atoms with van der Waals surface area (Å²) in [7, 11) is 1.68. The van der Waals surface area contributed by atoms with Crippen LogP contribution in [0.25, 0.3) is 5.57 Å². The molecule has 0 atom stereocenters. The third kappa shape index (κ3) is 4.27. The summed E-state index contributed by atoms with van der Waals surface area (Å²) in [5.41, 5.74) is 2.89. The Morgan fingerprint density at radius 3 is 2.53 bits per heavy atom. The minimum atomic E-state index is -0.352. The van der Waals surface area contributed by atoms with E-state index in [0.29, 0.717) is 12.6 Å². The van der Waals surface area contributed by atoms with Crippen LogP contribution in [0.15, 0.2) is 24.3 Å². The fourth-order valence-corrected chi connectivity index (χ4v) is 5.24. The van der Waals surface area contributed by atoms with Crippen molar-refractivity contribution in [2.75, 3.05) is 57.9 Å². The third-order valence-corrected chi connectivity index (χ3v) is 6.74. The molecule has 0 bridgehead atoms. The molecule has 1 amide bonds. The average Bonchev–Trinajstić information content (AvgIpc) is 2.74. The van der Waals surface area contributed by atoms with Gasteiger partial charge in [-0.15, -0.1) is 0 Å².